The van der Waals surface area contributed by atoms with Gasteiger partial charge in [-0.15, -0.1) is 0 Å². The standard InChI is InChI=1S/C26H30N2O5S/c1-3-33-25-17-8-7-11-21(25)12-10-18-27-26(29)20-28(22-13-9-14-23(19-22)32-2)34(30,31)24-15-5-4-6-16-24/h4-9,11,13-17,19H,3,10,12,18,20H2,1-2H3,(H,27,29). The number of anilines is 1. The molecule has 1 amide bonds. The number of nitrogens with zero attached hydrogens (tertiary/aromatic N) is 1. The van der Waals surface area contributed by atoms with Crippen molar-refractivity contribution < 1.29 is 22.7 Å². The molecule has 0 bridgehead atoms. The summed E-state index contributed by atoms with van der Waals surface area (Å²) in [6, 6.07) is 22.5. The van der Waals surface area contributed by atoms with Crippen molar-refractivity contribution >= 4 is 21.6 Å². The summed E-state index contributed by atoms with van der Waals surface area (Å²) in [6.07, 6.45) is 1.43. The van der Waals surface area contributed by atoms with Crippen LogP contribution in [0.15, 0.2) is 83.8 Å². The number of hydrogen-bond acceptors (Lipinski definition) is 5. The molecular formula is C26H30N2O5S. The molecular weight excluding hydrogens is 452 g/mol. The second kappa shape index (κ2) is 12.1. The second-order valence-corrected chi connectivity index (χ2v) is 9.38. The van der Waals surface area contributed by atoms with Crippen molar-refractivity contribution in [3.05, 3.63) is 84.4 Å². The van der Waals surface area contributed by atoms with E-state index in [0.717, 1.165) is 22.0 Å². The van der Waals surface area contributed by atoms with Crippen LogP contribution in [0.25, 0.3) is 0 Å². The maximum absolute atomic E-state index is 13.4. The molecule has 0 fully saturated rings. The molecule has 180 valence electrons. The summed E-state index contributed by atoms with van der Waals surface area (Å²) in [7, 11) is -2.45. The normalized spacial score (nSPS) is 11.0. The fourth-order valence-electron chi connectivity index (χ4n) is 3.50. The van der Waals surface area contributed by atoms with Gasteiger partial charge in [-0.05, 0) is 55.7 Å². The number of amides is 1. The zero-order valence-corrected chi connectivity index (χ0v) is 20.3. The van der Waals surface area contributed by atoms with Crippen molar-refractivity contribution in [2.24, 2.45) is 0 Å². The first kappa shape index (κ1) is 25.1. The Morgan fingerprint density at radius 2 is 1.71 bits per heavy atom. The molecule has 0 spiro atoms. The van der Waals surface area contributed by atoms with E-state index in [-0.39, 0.29) is 17.3 Å². The third kappa shape index (κ3) is 6.51. The first-order valence-electron chi connectivity index (χ1n) is 11.1. The molecule has 0 aliphatic heterocycles. The van der Waals surface area contributed by atoms with Gasteiger partial charge in [0.05, 0.1) is 24.3 Å². The lowest BCUT2D eigenvalue weighted by Gasteiger charge is -2.24. The number of aryl methyl sites for hydroxylation is 1. The van der Waals surface area contributed by atoms with Crippen LogP contribution in [-0.4, -0.2) is 41.1 Å². The average Bonchev–Trinajstić information content (AvgIpc) is 2.86. The molecule has 1 N–H and O–H groups in total. The number of sulfonamides is 1. The largest absolute Gasteiger partial charge is 0.497 e. The minimum absolute atomic E-state index is 0.109. The number of benzene rings is 3. The van der Waals surface area contributed by atoms with Crippen molar-refractivity contribution in [2.75, 3.05) is 31.1 Å². The summed E-state index contributed by atoms with van der Waals surface area (Å²) in [5, 5.41) is 2.84. The summed E-state index contributed by atoms with van der Waals surface area (Å²) in [6.45, 7) is 2.59. The van der Waals surface area contributed by atoms with Crippen LogP contribution in [0.2, 0.25) is 0 Å². The molecule has 0 aromatic heterocycles. The topological polar surface area (TPSA) is 84.9 Å². The first-order valence-corrected chi connectivity index (χ1v) is 12.6. The van der Waals surface area contributed by atoms with E-state index in [9.17, 15) is 13.2 Å². The van der Waals surface area contributed by atoms with Crippen LogP contribution in [0, 0.1) is 0 Å². The highest BCUT2D eigenvalue weighted by Crippen LogP contribution is 2.27. The van der Waals surface area contributed by atoms with Gasteiger partial charge in [-0.25, -0.2) is 8.42 Å². The fourth-order valence-corrected chi connectivity index (χ4v) is 4.93. The predicted molar refractivity (Wildman–Crippen MR) is 133 cm³/mol. The number of carbonyl (C=O) groups excluding carboxylic acids is 1. The van der Waals surface area contributed by atoms with E-state index in [1.54, 1.807) is 42.5 Å². The number of methoxy groups -OCH3 is 1. The van der Waals surface area contributed by atoms with Crippen molar-refractivity contribution in [3.63, 3.8) is 0 Å². The Labute approximate surface area is 201 Å². The van der Waals surface area contributed by atoms with E-state index in [0.29, 0.717) is 31.0 Å². The van der Waals surface area contributed by atoms with Gasteiger partial charge in [-0.3, -0.25) is 9.10 Å². The molecule has 0 unspecified atom stereocenters. The lowest BCUT2D eigenvalue weighted by Crippen LogP contribution is -2.41. The summed E-state index contributed by atoms with van der Waals surface area (Å²) in [5.41, 5.74) is 1.42. The molecule has 7 nitrogen and oxygen atoms in total. The summed E-state index contributed by atoms with van der Waals surface area (Å²) in [4.78, 5) is 12.9. The molecule has 0 aliphatic rings. The lowest BCUT2D eigenvalue weighted by atomic mass is 10.1. The van der Waals surface area contributed by atoms with Crippen molar-refractivity contribution in [1.82, 2.24) is 5.32 Å². The van der Waals surface area contributed by atoms with Crippen molar-refractivity contribution in [3.8, 4) is 11.5 Å². The Bertz CT molecular complexity index is 1180. The fraction of sp³-hybridized carbons (Fsp3) is 0.269. The SMILES string of the molecule is CCOc1ccccc1CCCNC(=O)CN(c1cccc(OC)c1)S(=O)(=O)c1ccccc1. The van der Waals surface area contributed by atoms with Crippen LogP contribution in [0.4, 0.5) is 5.69 Å². The number of ether oxygens (including phenoxy) is 2. The van der Waals surface area contributed by atoms with E-state index >= 15 is 0 Å². The van der Waals surface area contributed by atoms with Gasteiger partial charge in [-0.1, -0.05) is 42.5 Å². The highest BCUT2D eigenvalue weighted by Gasteiger charge is 2.27. The van der Waals surface area contributed by atoms with Gasteiger partial charge >= 0.3 is 0 Å². The quantitative estimate of drug-likeness (QED) is 0.394. The molecule has 0 atom stereocenters. The number of nitrogens with one attached hydrogen (secondary N) is 1. The molecule has 3 aromatic carbocycles. The van der Waals surface area contributed by atoms with Crippen LogP contribution in [0.3, 0.4) is 0 Å². The molecule has 0 aliphatic carbocycles. The molecule has 0 saturated heterocycles. The number of para-hydroxylation sites is 1. The highest BCUT2D eigenvalue weighted by atomic mass is 32.2. The molecule has 3 rings (SSSR count). The molecule has 0 saturated carbocycles. The predicted octanol–water partition coefficient (Wildman–Crippen LogP) is 4.04. The van der Waals surface area contributed by atoms with E-state index in [2.05, 4.69) is 5.32 Å². The summed E-state index contributed by atoms with van der Waals surface area (Å²) < 4.78 is 38.7. The third-order valence-corrected chi connectivity index (χ3v) is 6.97. The van der Waals surface area contributed by atoms with Crippen LogP contribution in [-0.2, 0) is 21.2 Å². The Morgan fingerprint density at radius 1 is 0.971 bits per heavy atom. The van der Waals surface area contributed by atoms with Gasteiger partial charge in [0, 0.05) is 12.6 Å². The maximum atomic E-state index is 13.4. The first-order chi connectivity index (χ1) is 16.5. The smallest absolute Gasteiger partial charge is 0.264 e. The van der Waals surface area contributed by atoms with Gasteiger partial charge in [0.2, 0.25) is 5.91 Å². The van der Waals surface area contributed by atoms with Gasteiger partial charge in [0.15, 0.2) is 0 Å². The molecule has 8 heteroatoms. The van der Waals surface area contributed by atoms with Gasteiger partial charge < -0.3 is 14.8 Å². The van der Waals surface area contributed by atoms with Crippen LogP contribution in [0.5, 0.6) is 11.5 Å². The maximum Gasteiger partial charge on any atom is 0.264 e. The number of carbonyl (C=O) groups is 1. The Hall–Kier alpha value is -3.52. The Morgan fingerprint density at radius 3 is 2.44 bits per heavy atom. The summed E-state index contributed by atoms with van der Waals surface area (Å²) in [5.74, 6) is 0.953. The molecule has 34 heavy (non-hydrogen) atoms. The van der Waals surface area contributed by atoms with Crippen molar-refractivity contribution in [1.29, 1.82) is 0 Å². The minimum Gasteiger partial charge on any atom is -0.497 e. The lowest BCUT2D eigenvalue weighted by molar-refractivity contribution is -0.119. The minimum atomic E-state index is -3.96. The van der Waals surface area contributed by atoms with Gasteiger partial charge in [0.1, 0.15) is 18.0 Å². The van der Waals surface area contributed by atoms with E-state index in [1.807, 2.05) is 31.2 Å². The third-order valence-electron chi connectivity index (χ3n) is 5.18. The zero-order chi connectivity index (χ0) is 24.4. The van der Waals surface area contributed by atoms with Gasteiger partial charge in [0.25, 0.3) is 10.0 Å². The van der Waals surface area contributed by atoms with Gasteiger partial charge in [-0.2, -0.15) is 0 Å². The van der Waals surface area contributed by atoms with Crippen molar-refractivity contribution in [2.45, 2.75) is 24.7 Å². The monoisotopic (exact) mass is 482 g/mol. The Balaban J connectivity index is 1.69. The van der Waals surface area contributed by atoms with E-state index in [1.165, 1.54) is 19.2 Å². The number of hydrogen-bond donors (Lipinski definition) is 1. The molecule has 0 heterocycles. The van der Waals surface area contributed by atoms with Crippen LogP contribution < -0.4 is 19.1 Å². The summed E-state index contributed by atoms with van der Waals surface area (Å²) >= 11 is 0. The Kier molecular flexibility index (Phi) is 8.93. The molecule has 3 aromatic rings. The van der Waals surface area contributed by atoms with Crippen LogP contribution >= 0.6 is 0 Å². The molecule has 0 radical (unpaired) electrons. The highest BCUT2D eigenvalue weighted by molar-refractivity contribution is 7.92. The average molecular weight is 483 g/mol. The van der Waals surface area contributed by atoms with E-state index in [4.69, 9.17) is 9.47 Å². The zero-order valence-electron chi connectivity index (χ0n) is 19.4. The van der Waals surface area contributed by atoms with E-state index < -0.39 is 10.0 Å². The second-order valence-electron chi connectivity index (χ2n) is 7.52. The van der Waals surface area contributed by atoms with Crippen LogP contribution in [0.1, 0.15) is 18.9 Å². The number of rotatable bonds is 12.